The van der Waals surface area contributed by atoms with Crippen molar-refractivity contribution < 1.29 is 9.59 Å². The van der Waals surface area contributed by atoms with E-state index in [-0.39, 0.29) is 5.82 Å². The quantitative estimate of drug-likeness (QED) is 0.825. The van der Waals surface area contributed by atoms with Crippen molar-refractivity contribution in [2.24, 2.45) is 5.73 Å². The molecule has 3 amide bonds. The number of benzene rings is 1. The number of hydrogen-bond donors (Lipinski definition) is 1. The van der Waals surface area contributed by atoms with Crippen LogP contribution in [0.3, 0.4) is 0 Å². The van der Waals surface area contributed by atoms with E-state index >= 15 is 0 Å². The highest BCUT2D eigenvalue weighted by molar-refractivity contribution is 6.03. The fraction of sp³-hybridized carbons (Fsp3) is 0.167. The van der Waals surface area contributed by atoms with Gasteiger partial charge in [0.2, 0.25) is 0 Å². The van der Waals surface area contributed by atoms with Gasteiger partial charge in [0.1, 0.15) is 5.82 Å². The zero-order valence-corrected chi connectivity index (χ0v) is 9.17. The molecule has 87 valence electrons. The lowest BCUT2D eigenvalue weighted by atomic mass is 10.1. The number of nitrogens with zero attached hydrogens (tertiary/aromatic N) is 2. The molecule has 0 unspecified atom stereocenters. The van der Waals surface area contributed by atoms with Gasteiger partial charge in [-0.3, -0.25) is 9.69 Å². The normalized spacial score (nSPS) is 15.5. The van der Waals surface area contributed by atoms with Gasteiger partial charge in [-0.15, -0.1) is 0 Å². The van der Waals surface area contributed by atoms with Crippen LogP contribution in [0.25, 0.3) is 0 Å². The van der Waals surface area contributed by atoms with Crippen LogP contribution in [0.2, 0.25) is 0 Å². The Hall–Kier alpha value is -2.30. The summed E-state index contributed by atoms with van der Waals surface area (Å²) in [6.07, 6.45) is 1.83. The Morgan fingerprint density at radius 1 is 1.18 bits per heavy atom. The van der Waals surface area contributed by atoms with Crippen LogP contribution in [0, 0.1) is 0 Å². The van der Waals surface area contributed by atoms with Gasteiger partial charge in [0.15, 0.2) is 0 Å². The Morgan fingerprint density at radius 3 is 2.53 bits per heavy atom. The molecule has 1 aliphatic rings. The Bertz CT molecular complexity index is 468. The van der Waals surface area contributed by atoms with Crippen LogP contribution >= 0.6 is 0 Å². The number of imide groups is 1. The van der Waals surface area contributed by atoms with Gasteiger partial charge in [-0.2, -0.15) is 5.32 Å². The molecular formula is C12H12N3O2. The number of carbonyl (C=O) groups is 2. The molecule has 1 heterocycles. The van der Waals surface area contributed by atoms with E-state index in [1.807, 2.05) is 30.3 Å². The summed E-state index contributed by atoms with van der Waals surface area (Å²) in [6.45, 7) is 0.419. The molecule has 5 nitrogen and oxygen atoms in total. The van der Waals surface area contributed by atoms with E-state index in [4.69, 9.17) is 5.73 Å². The average molecular weight is 230 g/mol. The molecule has 0 aromatic heterocycles. The van der Waals surface area contributed by atoms with Crippen molar-refractivity contribution in [3.63, 3.8) is 0 Å². The lowest BCUT2D eigenvalue weighted by Crippen LogP contribution is -2.45. The molecule has 5 heteroatoms. The summed E-state index contributed by atoms with van der Waals surface area (Å²) < 4.78 is 0. The summed E-state index contributed by atoms with van der Waals surface area (Å²) in [6, 6.07) is 9.14. The maximum Gasteiger partial charge on any atom is 0.352 e. The second-order valence-corrected chi connectivity index (χ2v) is 3.69. The maximum atomic E-state index is 11.5. The van der Waals surface area contributed by atoms with Gasteiger partial charge in [-0.1, -0.05) is 30.3 Å². The monoisotopic (exact) mass is 230 g/mol. The minimum atomic E-state index is -0.594. The highest BCUT2D eigenvalue weighted by atomic mass is 16.2. The van der Waals surface area contributed by atoms with Crippen LogP contribution in [0.1, 0.15) is 5.56 Å². The maximum absolute atomic E-state index is 11.5. The molecule has 0 aliphatic carbocycles. The second kappa shape index (κ2) is 4.69. The zero-order chi connectivity index (χ0) is 12.3. The molecule has 0 spiro atoms. The first-order valence-corrected chi connectivity index (χ1v) is 5.25. The Morgan fingerprint density at radius 2 is 1.88 bits per heavy atom. The molecule has 0 atom stereocenters. The smallest absolute Gasteiger partial charge is 0.352 e. The van der Waals surface area contributed by atoms with Crippen LogP contribution in [0.4, 0.5) is 4.79 Å². The molecule has 1 aliphatic heterocycles. The summed E-state index contributed by atoms with van der Waals surface area (Å²) in [5.74, 6) is -0.436. The van der Waals surface area contributed by atoms with Crippen LogP contribution in [-0.2, 0) is 11.2 Å². The SMILES string of the molecule is NC1=CC(=O)[N]C(=O)N1CCc1ccccc1. The second-order valence-electron chi connectivity index (χ2n) is 3.69. The summed E-state index contributed by atoms with van der Waals surface area (Å²) in [4.78, 5) is 23.7. The van der Waals surface area contributed by atoms with E-state index in [0.717, 1.165) is 11.6 Å². The molecule has 0 bridgehead atoms. The molecular weight excluding hydrogens is 218 g/mol. The number of urea groups is 1. The predicted molar refractivity (Wildman–Crippen MR) is 61.7 cm³/mol. The standard InChI is InChI=1S/C12H12N3O2/c13-10-8-11(16)14-12(17)15(10)7-6-9-4-2-1-3-5-9/h1-5,8H,6-7,13H2. The fourth-order valence-corrected chi connectivity index (χ4v) is 1.61. The topological polar surface area (TPSA) is 77.5 Å². The molecule has 0 saturated heterocycles. The van der Waals surface area contributed by atoms with E-state index < -0.39 is 11.9 Å². The lowest BCUT2D eigenvalue weighted by Gasteiger charge is -2.24. The summed E-state index contributed by atoms with van der Waals surface area (Å²) in [5.41, 5.74) is 6.71. The van der Waals surface area contributed by atoms with Crippen molar-refractivity contribution >= 4 is 11.9 Å². The summed E-state index contributed by atoms with van der Waals surface area (Å²) in [5, 5.41) is 3.32. The molecule has 17 heavy (non-hydrogen) atoms. The molecule has 0 saturated carbocycles. The molecule has 1 radical (unpaired) electrons. The van der Waals surface area contributed by atoms with Crippen molar-refractivity contribution in [2.75, 3.05) is 6.54 Å². The van der Waals surface area contributed by atoms with Crippen molar-refractivity contribution in [3.8, 4) is 0 Å². The highest BCUT2D eigenvalue weighted by Gasteiger charge is 2.25. The van der Waals surface area contributed by atoms with E-state index in [9.17, 15) is 9.59 Å². The van der Waals surface area contributed by atoms with Crippen LogP contribution < -0.4 is 11.1 Å². The Kier molecular flexibility index (Phi) is 3.09. The Balaban J connectivity index is 2.02. The Labute approximate surface area is 98.9 Å². The molecule has 2 rings (SSSR count). The van der Waals surface area contributed by atoms with Gasteiger partial charge in [-0.05, 0) is 12.0 Å². The summed E-state index contributed by atoms with van der Waals surface area (Å²) in [7, 11) is 0. The first kappa shape index (κ1) is 11.2. The minimum absolute atomic E-state index is 0.158. The van der Waals surface area contributed by atoms with E-state index in [1.165, 1.54) is 4.90 Å². The van der Waals surface area contributed by atoms with Crippen LogP contribution in [-0.4, -0.2) is 23.4 Å². The third-order valence-corrected chi connectivity index (χ3v) is 2.49. The van der Waals surface area contributed by atoms with E-state index in [2.05, 4.69) is 5.32 Å². The largest absolute Gasteiger partial charge is 0.385 e. The van der Waals surface area contributed by atoms with Crippen molar-refractivity contribution in [1.82, 2.24) is 10.2 Å². The van der Waals surface area contributed by atoms with Gasteiger partial charge >= 0.3 is 6.03 Å². The first-order chi connectivity index (χ1) is 8.16. The van der Waals surface area contributed by atoms with E-state index in [0.29, 0.717) is 13.0 Å². The number of rotatable bonds is 3. The highest BCUT2D eigenvalue weighted by Crippen LogP contribution is 2.08. The van der Waals surface area contributed by atoms with Gasteiger partial charge in [0.25, 0.3) is 5.91 Å². The predicted octanol–water partition coefficient (Wildman–Crippen LogP) is 0.596. The molecule has 1 aromatic rings. The van der Waals surface area contributed by atoms with Gasteiger partial charge < -0.3 is 5.73 Å². The van der Waals surface area contributed by atoms with E-state index in [1.54, 1.807) is 0 Å². The fourth-order valence-electron chi connectivity index (χ4n) is 1.61. The van der Waals surface area contributed by atoms with Gasteiger partial charge in [0.05, 0.1) is 0 Å². The average Bonchev–Trinajstić information content (AvgIpc) is 2.29. The molecule has 1 aromatic carbocycles. The third kappa shape index (κ3) is 2.63. The number of carbonyl (C=O) groups excluding carboxylic acids is 2. The number of nitrogens with two attached hydrogens (primary N) is 1. The van der Waals surface area contributed by atoms with Crippen LogP contribution in [0.15, 0.2) is 42.2 Å². The van der Waals surface area contributed by atoms with Crippen LogP contribution in [0.5, 0.6) is 0 Å². The number of hydrogen-bond acceptors (Lipinski definition) is 3. The number of amides is 3. The lowest BCUT2D eigenvalue weighted by molar-refractivity contribution is -0.116. The first-order valence-electron chi connectivity index (χ1n) is 5.25. The third-order valence-electron chi connectivity index (χ3n) is 2.49. The van der Waals surface area contributed by atoms with Crippen molar-refractivity contribution in [1.29, 1.82) is 0 Å². The van der Waals surface area contributed by atoms with Gasteiger partial charge in [0, 0.05) is 12.6 Å². The molecule has 2 N–H and O–H groups in total. The van der Waals surface area contributed by atoms with Gasteiger partial charge in [-0.25, -0.2) is 4.79 Å². The molecule has 0 fully saturated rings. The van der Waals surface area contributed by atoms with Crippen molar-refractivity contribution in [3.05, 3.63) is 47.8 Å². The van der Waals surface area contributed by atoms with Crippen molar-refractivity contribution in [2.45, 2.75) is 6.42 Å². The minimum Gasteiger partial charge on any atom is -0.385 e. The zero-order valence-electron chi connectivity index (χ0n) is 9.17. The summed E-state index contributed by atoms with van der Waals surface area (Å²) >= 11 is 0.